The van der Waals surface area contributed by atoms with Crippen LogP contribution in [-0.4, -0.2) is 40.8 Å². The Kier molecular flexibility index (Phi) is 5.79. The largest absolute Gasteiger partial charge is 0.395 e. The van der Waals surface area contributed by atoms with Crippen LogP contribution in [0.4, 0.5) is 11.6 Å². The van der Waals surface area contributed by atoms with Crippen molar-refractivity contribution in [3.8, 4) is 0 Å². The van der Waals surface area contributed by atoms with E-state index in [1.165, 1.54) is 19.3 Å². The zero-order chi connectivity index (χ0) is 15.2. The summed E-state index contributed by atoms with van der Waals surface area (Å²) in [6.45, 7) is 8.09. The van der Waals surface area contributed by atoms with Gasteiger partial charge in [-0.1, -0.05) is 20.8 Å². The second-order valence-corrected chi connectivity index (χ2v) is 6.05. The van der Waals surface area contributed by atoms with Crippen LogP contribution in [0.1, 0.15) is 58.2 Å². The fourth-order valence-corrected chi connectivity index (χ4v) is 2.49. The maximum absolute atomic E-state index is 9.36. The van der Waals surface area contributed by atoms with Crippen LogP contribution in [0.15, 0.2) is 6.07 Å². The topological polar surface area (TPSA) is 61.3 Å². The van der Waals surface area contributed by atoms with Crippen LogP contribution in [0.5, 0.6) is 0 Å². The summed E-state index contributed by atoms with van der Waals surface area (Å²) in [7, 11) is 0. The number of hydrogen-bond acceptors (Lipinski definition) is 5. The number of aliphatic hydroxyl groups is 1. The Balaban J connectivity index is 2.27. The summed E-state index contributed by atoms with van der Waals surface area (Å²) < 4.78 is 0. The van der Waals surface area contributed by atoms with E-state index >= 15 is 0 Å². The second-order valence-electron chi connectivity index (χ2n) is 6.05. The van der Waals surface area contributed by atoms with Gasteiger partial charge in [-0.2, -0.15) is 0 Å². The molecule has 118 valence electrons. The van der Waals surface area contributed by atoms with Gasteiger partial charge in [-0.15, -0.1) is 0 Å². The molecule has 0 saturated heterocycles. The van der Waals surface area contributed by atoms with E-state index in [2.05, 4.69) is 36.0 Å². The van der Waals surface area contributed by atoms with E-state index in [9.17, 15) is 5.11 Å². The molecule has 1 heterocycles. The van der Waals surface area contributed by atoms with E-state index in [1.807, 2.05) is 6.07 Å². The van der Waals surface area contributed by atoms with Crippen molar-refractivity contribution in [1.29, 1.82) is 0 Å². The molecule has 0 radical (unpaired) electrons. The van der Waals surface area contributed by atoms with Crippen molar-refractivity contribution >= 4 is 11.6 Å². The second kappa shape index (κ2) is 7.59. The van der Waals surface area contributed by atoms with Gasteiger partial charge in [-0.25, -0.2) is 9.97 Å². The first-order valence-corrected chi connectivity index (χ1v) is 8.16. The average molecular weight is 292 g/mol. The fraction of sp³-hybridized carbons (Fsp3) is 0.750. The van der Waals surface area contributed by atoms with Crippen LogP contribution in [0.25, 0.3) is 0 Å². The van der Waals surface area contributed by atoms with Gasteiger partial charge < -0.3 is 15.3 Å². The van der Waals surface area contributed by atoms with Gasteiger partial charge in [0.1, 0.15) is 17.5 Å². The van der Waals surface area contributed by atoms with Crippen LogP contribution in [0.2, 0.25) is 0 Å². The van der Waals surface area contributed by atoms with Gasteiger partial charge >= 0.3 is 0 Å². The monoisotopic (exact) mass is 292 g/mol. The standard InChI is InChI=1S/C16H28N4O/c1-4-8-17-14-11-15(19-16(18-14)12(2)3)20(9-10-21)13-6-5-7-13/h11-13,21H,4-10H2,1-3H3,(H,17,18,19). The molecule has 0 aliphatic heterocycles. The number of nitrogens with one attached hydrogen (secondary N) is 1. The first-order valence-electron chi connectivity index (χ1n) is 8.16. The third-order valence-corrected chi connectivity index (χ3v) is 3.95. The van der Waals surface area contributed by atoms with Crippen molar-refractivity contribution in [3.05, 3.63) is 11.9 Å². The number of hydrogen-bond donors (Lipinski definition) is 2. The maximum atomic E-state index is 9.36. The average Bonchev–Trinajstić information content (AvgIpc) is 2.42. The van der Waals surface area contributed by atoms with E-state index in [4.69, 9.17) is 4.98 Å². The van der Waals surface area contributed by atoms with Crippen molar-refractivity contribution in [1.82, 2.24) is 9.97 Å². The first kappa shape index (κ1) is 16.0. The molecule has 21 heavy (non-hydrogen) atoms. The van der Waals surface area contributed by atoms with Crippen LogP contribution in [0.3, 0.4) is 0 Å². The predicted molar refractivity (Wildman–Crippen MR) is 87.0 cm³/mol. The summed E-state index contributed by atoms with van der Waals surface area (Å²) in [5.41, 5.74) is 0. The van der Waals surface area contributed by atoms with E-state index in [0.29, 0.717) is 18.5 Å². The molecule has 5 nitrogen and oxygen atoms in total. The Morgan fingerprint density at radius 3 is 2.67 bits per heavy atom. The Morgan fingerprint density at radius 1 is 1.38 bits per heavy atom. The molecule has 0 aromatic carbocycles. The highest BCUT2D eigenvalue weighted by atomic mass is 16.3. The van der Waals surface area contributed by atoms with Gasteiger partial charge in [0.25, 0.3) is 0 Å². The lowest BCUT2D eigenvalue weighted by atomic mass is 9.91. The van der Waals surface area contributed by atoms with Gasteiger partial charge in [0.15, 0.2) is 0 Å². The third kappa shape index (κ3) is 4.06. The molecule has 1 aliphatic rings. The van der Waals surface area contributed by atoms with Crippen molar-refractivity contribution < 1.29 is 5.11 Å². The molecular formula is C16H28N4O. The lowest BCUT2D eigenvalue weighted by Crippen LogP contribution is -2.42. The highest BCUT2D eigenvalue weighted by Crippen LogP contribution is 2.30. The molecule has 1 fully saturated rings. The molecule has 0 bridgehead atoms. The Bertz CT molecular complexity index is 446. The molecule has 1 aromatic heterocycles. The van der Waals surface area contributed by atoms with E-state index < -0.39 is 0 Å². The summed E-state index contributed by atoms with van der Waals surface area (Å²) in [5.74, 6) is 3.01. The molecule has 5 heteroatoms. The normalized spacial score (nSPS) is 15.1. The quantitative estimate of drug-likeness (QED) is 0.771. The van der Waals surface area contributed by atoms with Crippen molar-refractivity contribution in [2.75, 3.05) is 29.9 Å². The van der Waals surface area contributed by atoms with Crippen molar-refractivity contribution in [2.24, 2.45) is 0 Å². The number of rotatable bonds is 8. The van der Waals surface area contributed by atoms with E-state index in [0.717, 1.165) is 30.4 Å². The van der Waals surface area contributed by atoms with Gasteiger partial charge in [-0.3, -0.25) is 0 Å². The number of aromatic nitrogens is 2. The van der Waals surface area contributed by atoms with Crippen LogP contribution < -0.4 is 10.2 Å². The maximum Gasteiger partial charge on any atom is 0.135 e. The molecule has 1 aliphatic carbocycles. The molecule has 0 amide bonds. The molecule has 0 unspecified atom stereocenters. The first-order chi connectivity index (χ1) is 10.2. The van der Waals surface area contributed by atoms with Crippen LogP contribution in [0, 0.1) is 0 Å². The minimum absolute atomic E-state index is 0.162. The number of aliphatic hydroxyl groups excluding tert-OH is 1. The molecule has 2 rings (SSSR count). The Hall–Kier alpha value is -1.36. The molecule has 0 atom stereocenters. The van der Waals surface area contributed by atoms with Gasteiger partial charge in [0, 0.05) is 31.1 Å². The lowest BCUT2D eigenvalue weighted by Gasteiger charge is -2.38. The zero-order valence-electron chi connectivity index (χ0n) is 13.5. The predicted octanol–water partition coefficient (Wildman–Crippen LogP) is 2.77. The molecule has 2 N–H and O–H groups in total. The summed E-state index contributed by atoms with van der Waals surface area (Å²) in [5, 5.41) is 12.7. The smallest absolute Gasteiger partial charge is 0.135 e. The Morgan fingerprint density at radius 2 is 2.14 bits per heavy atom. The van der Waals surface area contributed by atoms with E-state index in [1.54, 1.807) is 0 Å². The number of anilines is 2. The van der Waals surface area contributed by atoms with Gasteiger partial charge in [-0.05, 0) is 25.7 Å². The fourth-order valence-electron chi connectivity index (χ4n) is 2.49. The van der Waals surface area contributed by atoms with Crippen LogP contribution in [-0.2, 0) is 0 Å². The summed E-state index contributed by atoms with van der Waals surface area (Å²) in [4.78, 5) is 11.6. The van der Waals surface area contributed by atoms with Gasteiger partial charge in [0.2, 0.25) is 0 Å². The third-order valence-electron chi connectivity index (χ3n) is 3.95. The SMILES string of the molecule is CCCNc1cc(N(CCO)C2CCC2)nc(C(C)C)n1. The minimum atomic E-state index is 0.162. The molecular weight excluding hydrogens is 264 g/mol. The summed E-state index contributed by atoms with van der Waals surface area (Å²) in [6, 6.07) is 2.54. The highest BCUT2D eigenvalue weighted by molar-refractivity contribution is 5.50. The van der Waals surface area contributed by atoms with E-state index in [-0.39, 0.29) is 6.61 Å². The highest BCUT2D eigenvalue weighted by Gasteiger charge is 2.26. The molecule has 0 spiro atoms. The summed E-state index contributed by atoms with van der Waals surface area (Å²) >= 11 is 0. The van der Waals surface area contributed by atoms with Gasteiger partial charge in [0.05, 0.1) is 6.61 Å². The zero-order valence-corrected chi connectivity index (χ0v) is 13.5. The number of nitrogens with zero attached hydrogens (tertiary/aromatic N) is 3. The Labute approximate surface area is 127 Å². The molecule has 1 aromatic rings. The summed E-state index contributed by atoms with van der Waals surface area (Å²) in [6.07, 6.45) is 4.73. The van der Waals surface area contributed by atoms with Crippen LogP contribution >= 0.6 is 0 Å². The minimum Gasteiger partial charge on any atom is -0.395 e. The van der Waals surface area contributed by atoms with Crippen molar-refractivity contribution in [2.45, 2.75) is 58.4 Å². The lowest BCUT2D eigenvalue weighted by molar-refractivity contribution is 0.283. The molecule has 1 saturated carbocycles. The van der Waals surface area contributed by atoms with Crippen molar-refractivity contribution in [3.63, 3.8) is 0 Å².